The van der Waals surface area contributed by atoms with Crippen molar-refractivity contribution in [3.8, 4) is 11.5 Å². The van der Waals surface area contributed by atoms with Crippen LogP contribution < -0.4 is 14.8 Å². The number of rotatable bonds is 7. The summed E-state index contributed by atoms with van der Waals surface area (Å²) in [6.07, 6.45) is -0.0971. The second-order valence-electron chi connectivity index (χ2n) is 6.91. The van der Waals surface area contributed by atoms with Crippen LogP contribution in [0.15, 0.2) is 48.5 Å². The normalized spacial score (nSPS) is 15.4. The Kier molecular flexibility index (Phi) is 6.19. The topological polar surface area (TPSA) is 73.9 Å². The van der Waals surface area contributed by atoms with Crippen molar-refractivity contribution in [2.24, 2.45) is 5.92 Å². The first-order valence-electron chi connectivity index (χ1n) is 9.45. The second kappa shape index (κ2) is 8.78. The molecule has 148 valence electrons. The van der Waals surface area contributed by atoms with Crippen LogP contribution in [0, 0.1) is 5.92 Å². The number of fused-ring (bicyclic) bond motifs is 1. The maximum absolute atomic E-state index is 12.8. The molecule has 6 heteroatoms. The summed E-state index contributed by atoms with van der Waals surface area (Å²) >= 11 is 0. The Bertz CT molecular complexity index is 836. The third-order valence-electron chi connectivity index (χ3n) is 4.93. The van der Waals surface area contributed by atoms with Gasteiger partial charge >= 0.3 is 5.97 Å². The van der Waals surface area contributed by atoms with Crippen molar-refractivity contribution in [3.05, 3.63) is 54.1 Å². The van der Waals surface area contributed by atoms with Gasteiger partial charge in [-0.05, 0) is 30.5 Å². The number of amides is 1. The van der Waals surface area contributed by atoms with E-state index < -0.39 is 23.9 Å². The zero-order chi connectivity index (χ0) is 20.1. The van der Waals surface area contributed by atoms with E-state index in [9.17, 15) is 9.59 Å². The van der Waals surface area contributed by atoms with Crippen LogP contribution in [0.4, 0.5) is 5.69 Å². The molecule has 2 aromatic carbocycles. The summed E-state index contributed by atoms with van der Waals surface area (Å²) in [6.45, 7) is 5.77. The first-order chi connectivity index (χ1) is 13.5. The number of carbonyl (C=O) groups is 2. The largest absolute Gasteiger partial charge is 0.454 e. The molecule has 0 fully saturated rings. The first-order valence-corrected chi connectivity index (χ1v) is 9.45. The van der Waals surface area contributed by atoms with Crippen LogP contribution in [-0.4, -0.2) is 24.8 Å². The zero-order valence-corrected chi connectivity index (χ0v) is 16.3. The quantitative estimate of drug-likeness (QED) is 0.728. The van der Waals surface area contributed by atoms with Crippen molar-refractivity contribution in [1.82, 2.24) is 0 Å². The van der Waals surface area contributed by atoms with E-state index in [1.54, 1.807) is 25.1 Å². The number of hydrogen-bond acceptors (Lipinski definition) is 5. The van der Waals surface area contributed by atoms with Crippen molar-refractivity contribution >= 4 is 17.6 Å². The minimum atomic E-state index is -0.923. The third-order valence-corrected chi connectivity index (χ3v) is 4.93. The van der Waals surface area contributed by atoms with Crippen LogP contribution in [0.2, 0.25) is 0 Å². The second-order valence-corrected chi connectivity index (χ2v) is 6.91. The number of esters is 1. The van der Waals surface area contributed by atoms with Gasteiger partial charge in [-0.3, -0.25) is 9.59 Å². The van der Waals surface area contributed by atoms with Crippen LogP contribution in [0.25, 0.3) is 0 Å². The SMILES string of the molecule is CC[C@H](C)[C@H](C(=O)O[C@@H](C)C(=O)Nc1ccc2c(c1)OCO2)c1ccccc1. The van der Waals surface area contributed by atoms with Gasteiger partial charge in [0, 0.05) is 11.8 Å². The van der Waals surface area contributed by atoms with Gasteiger partial charge in [0.15, 0.2) is 17.6 Å². The van der Waals surface area contributed by atoms with Gasteiger partial charge in [-0.1, -0.05) is 50.6 Å². The lowest BCUT2D eigenvalue weighted by molar-refractivity contribution is -0.155. The molecule has 0 aromatic heterocycles. The molecule has 2 aromatic rings. The Morgan fingerprint density at radius 3 is 2.50 bits per heavy atom. The Morgan fingerprint density at radius 1 is 1.07 bits per heavy atom. The summed E-state index contributed by atoms with van der Waals surface area (Å²) in [4.78, 5) is 25.3. The molecule has 0 saturated carbocycles. The number of benzene rings is 2. The Morgan fingerprint density at radius 2 is 1.79 bits per heavy atom. The van der Waals surface area contributed by atoms with Gasteiger partial charge in [0.05, 0.1) is 5.92 Å². The smallest absolute Gasteiger partial charge is 0.314 e. The van der Waals surface area contributed by atoms with E-state index in [2.05, 4.69) is 5.32 Å². The number of hydrogen-bond donors (Lipinski definition) is 1. The highest BCUT2D eigenvalue weighted by Crippen LogP contribution is 2.34. The monoisotopic (exact) mass is 383 g/mol. The van der Waals surface area contributed by atoms with Gasteiger partial charge in [-0.2, -0.15) is 0 Å². The third kappa shape index (κ3) is 4.44. The summed E-state index contributed by atoms with van der Waals surface area (Å²) in [6, 6.07) is 14.6. The van der Waals surface area contributed by atoms with E-state index in [-0.39, 0.29) is 12.7 Å². The van der Waals surface area contributed by atoms with Crippen molar-refractivity contribution in [3.63, 3.8) is 0 Å². The molecule has 28 heavy (non-hydrogen) atoms. The average Bonchev–Trinajstić information content (AvgIpc) is 3.16. The maximum atomic E-state index is 12.8. The summed E-state index contributed by atoms with van der Waals surface area (Å²) < 4.78 is 16.1. The molecular weight excluding hydrogens is 358 g/mol. The van der Waals surface area contributed by atoms with Crippen LogP contribution in [-0.2, 0) is 14.3 Å². The number of nitrogens with one attached hydrogen (secondary N) is 1. The van der Waals surface area contributed by atoms with Gasteiger partial charge in [0.2, 0.25) is 6.79 Å². The van der Waals surface area contributed by atoms with Crippen LogP contribution in [0.3, 0.4) is 0 Å². The summed E-state index contributed by atoms with van der Waals surface area (Å²) in [7, 11) is 0. The predicted molar refractivity (Wildman–Crippen MR) is 105 cm³/mol. The lowest BCUT2D eigenvalue weighted by Gasteiger charge is -2.24. The molecule has 3 rings (SSSR count). The molecule has 1 amide bonds. The van der Waals surface area contributed by atoms with Gasteiger partial charge < -0.3 is 19.5 Å². The van der Waals surface area contributed by atoms with Gasteiger partial charge in [0.1, 0.15) is 0 Å². The minimum Gasteiger partial charge on any atom is -0.454 e. The predicted octanol–water partition coefficient (Wildman–Crippen LogP) is 4.12. The Balaban J connectivity index is 1.65. The fraction of sp³-hybridized carbons (Fsp3) is 0.364. The highest BCUT2D eigenvalue weighted by Gasteiger charge is 2.30. The van der Waals surface area contributed by atoms with Crippen LogP contribution >= 0.6 is 0 Å². The molecule has 3 atom stereocenters. The Labute approximate surface area is 164 Å². The molecular formula is C22H25NO5. The zero-order valence-electron chi connectivity index (χ0n) is 16.3. The van der Waals surface area contributed by atoms with Crippen molar-refractivity contribution in [2.45, 2.75) is 39.2 Å². The summed E-state index contributed by atoms with van der Waals surface area (Å²) in [5.74, 6) is 0.100. The lowest BCUT2D eigenvalue weighted by atomic mass is 9.85. The molecule has 1 N–H and O–H groups in total. The van der Waals surface area contributed by atoms with E-state index in [4.69, 9.17) is 14.2 Å². The van der Waals surface area contributed by atoms with Crippen LogP contribution in [0.1, 0.15) is 38.7 Å². The highest BCUT2D eigenvalue weighted by molar-refractivity contribution is 5.95. The summed E-state index contributed by atoms with van der Waals surface area (Å²) in [5.41, 5.74) is 1.45. The molecule has 0 unspecified atom stereocenters. The fourth-order valence-corrected chi connectivity index (χ4v) is 3.11. The van der Waals surface area contributed by atoms with E-state index in [1.165, 1.54) is 0 Å². The average molecular weight is 383 g/mol. The van der Waals surface area contributed by atoms with Gasteiger partial charge in [0.25, 0.3) is 5.91 Å². The number of anilines is 1. The van der Waals surface area contributed by atoms with E-state index in [0.29, 0.717) is 17.2 Å². The van der Waals surface area contributed by atoms with Crippen molar-refractivity contribution in [2.75, 3.05) is 12.1 Å². The van der Waals surface area contributed by atoms with Crippen LogP contribution in [0.5, 0.6) is 11.5 Å². The maximum Gasteiger partial charge on any atom is 0.314 e. The van der Waals surface area contributed by atoms with E-state index in [1.807, 2.05) is 44.2 Å². The molecule has 0 spiro atoms. The molecule has 0 radical (unpaired) electrons. The van der Waals surface area contributed by atoms with E-state index >= 15 is 0 Å². The summed E-state index contributed by atoms with van der Waals surface area (Å²) in [5, 5.41) is 2.75. The molecule has 1 aliphatic rings. The van der Waals surface area contributed by atoms with Crippen molar-refractivity contribution < 1.29 is 23.8 Å². The Hall–Kier alpha value is -3.02. The highest BCUT2D eigenvalue weighted by atomic mass is 16.7. The molecule has 1 aliphatic heterocycles. The minimum absolute atomic E-state index is 0.0963. The number of ether oxygens (including phenoxy) is 3. The van der Waals surface area contributed by atoms with E-state index in [0.717, 1.165) is 12.0 Å². The fourth-order valence-electron chi connectivity index (χ4n) is 3.11. The van der Waals surface area contributed by atoms with Gasteiger partial charge in [-0.25, -0.2) is 0 Å². The molecule has 1 heterocycles. The van der Waals surface area contributed by atoms with Crippen molar-refractivity contribution in [1.29, 1.82) is 0 Å². The molecule has 6 nitrogen and oxygen atoms in total. The van der Waals surface area contributed by atoms with Gasteiger partial charge in [-0.15, -0.1) is 0 Å². The number of carbonyl (C=O) groups excluding carboxylic acids is 2. The molecule has 0 bridgehead atoms. The molecule has 0 saturated heterocycles. The standard InChI is InChI=1S/C22H25NO5/c1-4-14(2)20(16-8-6-5-7-9-16)22(25)28-15(3)21(24)23-17-10-11-18-19(12-17)27-13-26-18/h5-12,14-15,20H,4,13H2,1-3H3,(H,23,24)/t14-,15-,20-/m0/s1. The molecule has 0 aliphatic carbocycles. The lowest BCUT2D eigenvalue weighted by Crippen LogP contribution is -2.33. The first kappa shape index (κ1) is 19.7.